The van der Waals surface area contributed by atoms with Crippen LogP contribution >= 0.6 is 11.8 Å². The van der Waals surface area contributed by atoms with Gasteiger partial charge in [0.05, 0.1) is 5.25 Å². The van der Waals surface area contributed by atoms with Crippen LogP contribution in [0.5, 0.6) is 0 Å². The SMILES string of the molecule is CSCC(C)CNS(=O)(=O)C1CCCNC1. The molecule has 1 saturated heterocycles. The minimum atomic E-state index is -3.12. The summed E-state index contributed by atoms with van der Waals surface area (Å²) in [6.07, 6.45) is 3.77. The number of thioether (sulfide) groups is 1. The second kappa shape index (κ2) is 6.83. The van der Waals surface area contributed by atoms with Crippen molar-refractivity contribution in [3.05, 3.63) is 0 Å². The van der Waals surface area contributed by atoms with Gasteiger partial charge in [0, 0.05) is 13.1 Å². The van der Waals surface area contributed by atoms with E-state index in [1.54, 1.807) is 11.8 Å². The number of hydrogen-bond donors (Lipinski definition) is 2. The van der Waals surface area contributed by atoms with Gasteiger partial charge in [0.2, 0.25) is 10.0 Å². The third kappa shape index (κ3) is 4.61. The minimum absolute atomic E-state index is 0.247. The van der Waals surface area contributed by atoms with Crippen molar-refractivity contribution in [2.24, 2.45) is 5.92 Å². The molecular weight excluding hydrogens is 244 g/mol. The Kier molecular flexibility index (Phi) is 6.10. The number of piperidine rings is 1. The van der Waals surface area contributed by atoms with Gasteiger partial charge in [-0.25, -0.2) is 13.1 Å². The van der Waals surface area contributed by atoms with E-state index in [9.17, 15) is 8.42 Å². The second-order valence-corrected chi connectivity index (χ2v) is 7.38. The molecule has 2 unspecified atom stereocenters. The molecule has 0 bridgehead atoms. The van der Waals surface area contributed by atoms with Crippen LogP contribution in [-0.2, 0) is 10.0 Å². The average Bonchev–Trinajstić information content (AvgIpc) is 2.28. The molecule has 16 heavy (non-hydrogen) atoms. The Morgan fingerprint density at radius 1 is 1.56 bits per heavy atom. The first kappa shape index (κ1) is 14.3. The smallest absolute Gasteiger partial charge is 0.215 e. The van der Waals surface area contributed by atoms with E-state index in [0.717, 1.165) is 25.1 Å². The molecule has 0 saturated carbocycles. The molecule has 0 radical (unpaired) electrons. The standard InChI is InChI=1S/C10H22N2O2S2/c1-9(8-15-2)6-12-16(13,14)10-4-3-5-11-7-10/h9-12H,3-8H2,1-2H3. The Bertz CT molecular complexity index is 287. The van der Waals surface area contributed by atoms with E-state index in [1.165, 1.54) is 0 Å². The first-order valence-corrected chi connectivity index (χ1v) is 8.68. The fourth-order valence-electron chi connectivity index (χ4n) is 1.80. The third-order valence-corrected chi connectivity index (χ3v) is 5.53. The summed E-state index contributed by atoms with van der Waals surface area (Å²) in [4.78, 5) is 0. The van der Waals surface area contributed by atoms with E-state index in [-0.39, 0.29) is 5.25 Å². The number of nitrogens with one attached hydrogen (secondary N) is 2. The molecule has 96 valence electrons. The molecule has 1 aliphatic rings. The van der Waals surface area contributed by atoms with E-state index in [4.69, 9.17) is 0 Å². The summed E-state index contributed by atoms with van der Waals surface area (Å²) in [6, 6.07) is 0. The summed E-state index contributed by atoms with van der Waals surface area (Å²) in [5.74, 6) is 1.38. The van der Waals surface area contributed by atoms with E-state index in [2.05, 4.69) is 17.0 Å². The van der Waals surface area contributed by atoms with E-state index in [1.807, 2.05) is 6.26 Å². The quantitative estimate of drug-likeness (QED) is 0.741. The Morgan fingerprint density at radius 3 is 2.88 bits per heavy atom. The highest BCUT2D eigenvalue weighted by molar-refractivity contribution is 7.98. The molecule has 1 aliphatic heterocycles. The van der Waals surface area contributed by atoms with E-state index >= 15 is 0 Å². The summed E-state index contributed by atoms with van der Waals surface area (Å²) in [7, 11) is -3.12. The van der Waals surface area contributed by atoms with Crippen molar-refractivity contribution in [1.29, 1.82) is 0 Å². The molecule has 2 N–H and O–H groups in total. The van der Waals surface area contributed by atoms with E-state index < -0.39 is 10.0 Å². The molecule has 0 aliphatic carbocycles. The van der Waals surface area contributed by atoms with Gasteiger partial charge in [0.15, 0.2) is 0 Å². The van der Waals surface area contributed by atoms with Crippen LogP contribution in [0.2, 0.25) is 0 Å². The molecule has 6 heteroatoms. The van der Waals surface area contributed by atoms with Crippen molar-refractivity contribution < 1.29 is 8.42 Å². The molecule has 0 amide bonds. The number of hydrogen-bond acceptors (Lipinski definition) is 4. The lowest BCUT2D eigenvalue weighted by Gasteiger charge is -2.23. The summed E-state index contributed by atoms with van der Waals surface area (Å²) < 4.78 is 26.6. The highest BCUT2D eigenvalue weighted by Gasteiger charge is 2.26. The maximum Gasteiger partial charge on any atom is 0.215 e. The average molecular weight is 266 g/mol. The molecule has 0 spiro atoms. The van der Waals surface area contributed by atoms with Gasteiger partial charge < -0.3 is 5.32 Å². The second-order valence-electron chi connectivity index (χ2n) is 4.42. The first-order valence-electron chi connectivity index (χ1n) is 5.74. The summed E-state index contributed by atoms with van der Waals surface area (Å²) >= 11 is 1.75. The summed E-state index contributed by atoms with van der Waals surface area (Å²) in [5.41, 5.74) is 0. The molecule has 2 atom stereocenters. The van der Waals surface area contributed by atoms with Gasteiger partial charge in [-0.3, -0.25) is 0 Å². The van der Waals surface area contributed by atoms with Gasteiger partial charge in [0.25, 0.3) is 0 Å². The highest BCUT2D eigenvalue weighted by Crippen LogP contribution is 2.11. The summed E-state index contributed by atoms with van der Waals surface area (Å²) in [5, 5.41) is 2.88. The van der Waals surface area contributed by atoms with Crippen LogP contribution in [0.3, 0.4) is 0 Å². The van der Waals surface area contributed by atoms with Crippen molar-refractivity contribution in [2.75, 3.05) is 31.6 Å². The Morgan fingerprint density at radius 2 is 2.31 bits per heavy atom. The highest BCUT2D eigenvalue weighted by atomic mass is 32.2. The Labute approximate surface area is 103 Å². The maximum atomic E-state index is 11.9. The van der Waals surface area contributed by atoms with Crippen molar-refractivity contribution in [3.63, 3.8) is 0 Å². The van der Waals surface area contributed by atoms with Gasteiger partial charge in [-0.1, -0.05) is 6.92 Å². The number of rotatable bonds is 6. The largest absolute Gasteiger partial charge is 0.315 e. The zero-order chi connectivity index (χ0) is 12.0. The monoisotopic (exact) mass is 266 g/mol. The van der Waals surface area contributed by atoms with Gasteiger partial charge in [-0.2, -0.15) is 11.8 Å². The fraction of sp³-hybridized carbons (Fsp3) is 1.00. The predicted octanol–water partition coefficient (Wildman–Crippen LogP) is 0.657. The molecule has 0 aromatic heterocycles. The van der Waals surface area contributed by atoms with Crippen molar-refractivity contribution in [3.8, 4) is 0 Å². The molecule has 1 rings (SSSR count). The third-order valence-electron chi connectivity index (χ3n) is 2.77. The molecule has 0 aromatic rings. The lowest BCUT2D eigenvalue weighted by atomic mass is 10.2. The maximum absolute atomic E-state index is 11.9. The van der Waals surface area contributed by atoms with Crippen molar-refractivity contribution >= 4 is 21.8 Å². The lowest BCUT2D eigenvalue weighted by Crippen LogP contribution is -2.45. The normalized spacial score (nSPS) is 24.2. The van der Waals surface area contributed by atoms with Gasteiger partial charge in [0.1, 0.15) is 0 Å². The van der Waals surface area contributed by atoms with Crippen molar-refractivity contribution in [2.45, 2.75) is 25.0 Å². The van der Waals surface area contributed by atoms with Gasteiger partial charge in [-0.15, -0.1) is 0 Å². The van der Waals surface area contributed by atoms with Crippen LogP contribution in [0.4, 0.5) is 0 Å². The molecule has 1 fully saturated rings. The van der Waals surface area contributed by atoms with Gasteiger partial charge in [-0.05, 0) is 37.3 Å². The number of sulfonamides is 1. The van der Waals surface area contributed by atoms with Crippen LogP contribution in [0.15, 0.2) is 0 Å². The Hall–Kier alpha value is 0.220. The predicted molar refractivity (Wildman–Crippen MR) is 70.4 cm³/mol. The van der Waals surface area contributed by atoms with E-state index in [0.29, 0.717) is 19.0 Å². The van der Waals surface area contributed by atoms with Crippen molar-refractivity contribution in [1.82, 2.24) is 10.0 Å². The summed E-state index contributed by atoms with van der Waals surface area (Å²) in [6.45, 7) is 4.15. The van der Waals surface area contributed by atoms with Crippen LogP contribution < -0.4 is 10.0 Å². The Balaban J connectivity index is 2.38. The minimum Gasteiger partial charge on any atom is -0.315 e. The van der Waals surface area contributed by atoms with Gasteiger partial charge >= 0.3 is 0 Å². The molecular formula is C10H22N2O2S2. The van der Waals surface area contributed by atoms with Crippen LogP contribution in [0, 0.1) is 5.92 Å². The molecule has 4 nitrogen and oxygen atoms in total. The molecule has 0 aromatic carbocycles. The lowest BCUT2D eigenvalue weighted by molar-refractivity contribution is 0.485. The van der Waals surface area contributed by atoms with Crippen LogP contribution in [0.25, 0.3) is 0 Å². The zero-order valence-electron chi connectivity index (χ0n) is 10.0. The first-order chi connectivity index (χ1) is 7.56. The zero-order valence-corrected chi connectivity index (χ0v) is 11.7. The van der Waals surface area contributed by atoms with Crippen LogP contribution in [0.1, 0.15) is 19.8 Å². The molecule has 1 heterocycles. The topological polar surface area (TPSA) is 58.2 Å². The fourth-order valence-corrected chi connectivity index (χ4v) is 4.06. The van der Waals surface area contributed by atoms with Crippen LogP contribution in [-0.4, -0.2) is 45.3 Å².